The van der Waals surface area contributed by atoms with Gasteiger partial charge in [-0.2, -0.15) is 23.0 Å². The van der Waals surface area contributed by atoms with Crippen molar-refractivity contribution in [3.8, 4) is 16.9 Å². The minimum atomic E-state index is -4.69. The number of rotatable bonds is 3. The van der Waals surface area contributed by atoms with Crippen molar-refractivity contribution in [2.45, 2.75) is 38.0 Å². The molecule has 0 bridgehead atoms. The van der Waals surface area contributed by atoms with Crippen molar-refractivity contribution in [1.29, 1.82) is 0 Å². The molecular weight excluding hydrogens is 490 g/mol. The molecule has 1 aromatic heterocycles. The third-order valence-corrected chi connectivity index (χ3v) is 7.13. The number of anilines is 1. The van der Waals surface area contributed by atoms with Crippen LogP contribution in [0.5, 0.6) is 0 Å². The molecule has 0 radical (unpaired) electrons. The molecule has 1 atom stereocenters. The molecule has 1 saturated heterocycles. The van der Waals surface area contributed by atoms with Crippen LogP contribution >= 0.6 is 23.2 Å². The lowest BCUT2D eigenvalue weighted by Gasteiger charge is -2.22. The number of fused-ring (bicyclic) bond motifs is 1. The van der Waals surface area contributed by atoms with Crippen molar-refractivity contribution < 1.29 is 18.3 Å². The van der Waals surface area contributed by atoms with Gasteiger partial charge in [-0.3, -0.25) is 4.79 Å². The third-order valence-electron chi connectivity index (χ3n) is 6.39. The van der Waals surface area contributed by atoms with E-state index in [4.69, 9.17) is 23.2 Å². The molecule has 5 rings (SSSR count). The third kappa shape index (κ3) is 4.08. The second-order valence-corrected chi connectivity index (χ2v) is 9.41. The summed E-state index contributed by atoms with van der Waals surface area (Å²) in [5.41, 5.74) is 0.828. The molecule has 1 N–H and O–H groups in total. The minimum absolute atomic E-state index is 0.288. The number of hydrogen-bond donors (Lipinski definition) is 1. The van der Waals surface area contributed by atoms with E-state index in [0.29, 0.717) is 66.3 Å². The van der Waals surface area contributed by atoms with Crippen molar-refractivity contribution in [2.75, 3.05) is 18.0 Å². The number of alkyl halides is 3. The number of aromatic nitrogens is 2. The lowest BCUT2D eigenvalue weighted by molar-refractivity contribution is -0.137. The van der Waals surface area contributed by atoms with E-state index in [1.165, 1.54) is 12.1 Å². The van der Waals surface area contributed by atoms with Crippen LogP contribution in [-0.4, -0.2) is 34.1 Å². The van der Waals surface area contributed by atoms with Gasteiger partial charge in [-0.15, -0.1) is 0 Å². The van der Waals surface area contributed by atoms with Gasteiger partial charge < -0.3 is 10.0 Å². The fourth-order valence-corrected chi connectivity index (χ4v) is 5.02. The number of hydrogen-bond acceptors (Lipinski definition) is 4. The van der Waals surface area contributed by atoms with E-state index in [0.717, 1.165) is 16.3 Å². The summed E-state index contributed by atoms with van der Waals surface area (Å²) in [4.78, 5) is 15.2. The summed E-state index contributed by atoms with van der Waals surface area (Å²) in [5.74, 6) is 0. The van der Waals surface area contributed by atoms with E-state index in [1.54, 1.807) is 23.1 Å². The van der Waals surface area contributed by atoms with E-state index in [-0.39, 0.29) is 10.7 Å². The van der Waals surface area contributed by atoms with Gasteiger partial charge in [0.25, 0.3) is 5.56 Å². The summed E-state index contributed by atoms with van der Waals surface area (Å²) in [6.45, 7) is 0.818. The largest absolute Gasteiger partial charge is 0.418 e. The fourth-order valence-electron chi connectivity index (χ4n) is 4.72. The van der Waals surface area contributed by atoms with Crippen LogP contribution in [0.15, 0.2) is 41.2 Å². The Hall–Kier alpha value is -2.55. The molecule has 34 heavy (non-hydrogen) atoms. The Kier molecular flexibility index (Phi) is 5.86. The molecule has 1 aliphatic carbocycles. The standard InChI is InChI=1S/C24H20Cl2F3N3O2/c25-19-7-4-13(10-20(19)26)22-16-2-1-3-17(16)23(34)32(30-22)21-11-14(31-9-8-15(33)12-31)5-6-18(21)24(27,28)29/h4-7,10-11,15,33H,1-3,8-9,12H2/t15-/m0/s1. The van der Waals surface area contributed by atoms with Crippen LogP contribution in [-0.2, 0) is 19.0 Å². The van der Waals surface area contributed by atoms with Gasteiger partial charge in [-0.25, -0.2) is 0 Å². The highest BCUT2D eigenvalue weighted by molar-refractivity contribution is 6.42. The Morgan fingerprint density at radius 1 is 1.03 bits per heavy atom. The molecule has 0 spiro atoms. The highest BCUT2D eigenvalue weighted by Gasteiger charge is 2.36. The number of benzene rings is 2. The first-order valence-corrected chi connectivity index (χ1v) is 11.6. The Labute approximate surface area is 203 Å². The van der Waals surface area contributed by atoms with E-state index in [2.05, 4.69) is 5.10 Å². The van der Waals surface area contributed by atoms with Crippen molar-refractivity contribution in [3.05, 3.63) is 73.5 Å². The lowest BCUT2D eigenvalue weighted by atomic mass is 10.0. The van der Waals surface area contributed by atoms with Crippen molar-refractivity contribution in [1.82, 2.24) is 9.78 Å². The molecule has 0 amide bonds. The molecule has 2 aliphatic rings. The van der Waals surface area contributed by atoms with Gasteiger partial charge in [0.15, 0.2) is 0 Å². The summed E-state index contributed by atoms with van der Waals surface area (Å²) in [5, 5.41) is 15.0. The summed E-state index contributed by atoms with van der Waals surface area (Å²) < 4.78 is 42.9. The average molecular weight is 510 g/mol. The second-order valence-electron chi connectivity index (χ2n) is 8.59. The second kappa shape index (κ2) is 8.59. The molecule has 178 valence electrons. The van der Waals surface area contributed by atoms with E-state index in [1.807, 2.05) is 0 Å². The van der Waals surface area contributed by atoms with Crippen molar-refractivity contribution in [2.24, 2.45) is 0 Å². The highest BCUT2D eigenvalue weighted by atomic mass is 35.5. The van der Waals surface area contributed by atoms with Crippen molar-refractivity contribution >= 4 is 28.9 Å². The van der Waals surface area contributed by atoms with E-state index < -0.39 is 23.4 Å². The van der Waals surface area contributed by atoms with Gasteiger partial charge in [0.1, 0.15) is 0 Å². The van der Waals surface area contributed by atoms with Gasteiger partial charge in [0, 0.05) is 29.9 Å². The van der Waals surface area contributed by atoms with Crippen molar-refractivity contribution in [3.63, 3.8) is 0 Å². The molecule has 1 fully saturated rings. The quantitative estimate of drug-likeness (QED) is 0.521. The fraction of sp³-hybridized carbons (Fsp3) is 0.333. The van der Waals surface area contributed by atoms with Gasteiger partial charge >= 0.3 is 6.18 Å². The summed E-state index contributed by atoms with van der Waals surface area (Å²) in [7, 11) is 0. The number of aliphatic hydroxyl groups is 1. The molecule has 10 heteroatoms. The SMILES string of the molecule is O=c1c2c(c(-c3ccc(Cl)c(Cl)c3)nn1-c1cc(N3CC[C@H](O)C3)ccc1C(F)(F)F)CCC2. The smallest absolute Gasteiger partial charge is 0.391 e. The van der Waals surface area contributed by atoms with Crippen LogP contribution in [0.1, 0.15) is 29.5 Å². The van der Waals surface area contributed by atoms with Crippen LogP contribution in [0.4, 0.5) is 18.9 Å². The molecule has 2 heterocycles. The average Bonchev–Trinajstić information content (AvgIpc) is 3.45. The zero-order valence-corrected chi connectivity index (χ0v) is 19.4. The van der Waals surface area contributed by atoms with Gasteiger partial charge in [-0.05, 0) is 61.6 Å². The Morgan fingerprint density at radius 3 is 2.47 bits per heavy atom. The predicted molar refractivity (Wildman–Crippen MR) is 125 cm³/mol. The highest BCUT2D eigenvalue weighted by Crippen LogP contribution is 2.38. The van der Waals surface area contributed by atoms with Crippen LogP contribution < -0.4 is 10.5 Å². The number of halogens is 5. The normalized spacial score (nSPS) is 17.9. The molecule has 1 aliphatic heterocycles. The van der Waals surface area contributed by atoms with Crippen LogP contribution in [0.25, 0.3) is 16.9 Å². The zero-order chi connectivity index (χ0) is 24.2. The first-order chi connectivity index (χ1) is 16.1. The molecule has 2 aromatic carbocycles. The Morgan fingerprint density at radius 2 is 1.79 bits per heavy atom. The summed E-state index contributed by atoms with van der Waals surface area (Å²) in [6, 6.07) is 8.55. The predicted octanol–water partition coefficient (Wildman–Crippen LogP) is 5.28. The Balaban J connectivity index is 1.75. The number of β-amino-alcohol motifs (C(OH)–C–C–N with tert-alkyl or cyclic N) is 1. The van der Waals surface area contributed by atoms with Crippen LogP contribution in [0, 0.1) is 0 Å². The zero-order valence-electron chi connectivity index (χ0n) is 17.9. The van der Waals surface area contributed by atoms with Gasteiger partial charge in [0.05, 0.1) is 33.1 Å². The molecular formula is C24H20Cl2F3N3O2. The first-order valence-electron chi connectivity index (χ1n) is 10.9. The maximum atomic E-state index is 14.0. The summed E-state index contributed by atoms with van der Waals surface area (Å²) in [6.07, 6.45) is -2.94. The lowest BCUT2D eigenvalue weighted by Crippen LogP contribution is -2.29. The van der Waals surface area contributed by atoms with Gasteiger partial charge in [-0.1, -0.05) is 29.3 Å². The van der Waals surface area contributed by atoms with Crippen LogP contribution in [0.2, 0.25) is 10.0 Å². The molecule has 0 saturated carbocycles. The molecule has 5 nitrogen and oxygen atoms in total. The Bertz CT molecular complexity index is 1340. The van der Waals surface area contributed by atoms with E-state index in [9.17, 15) is 23.1 Å². The number of nitrogens with zero attached hydrogens (tertiary/aromatic N) is 3. The topological polar surface area (TPSA) is 58.4 Å². The summed E-state index contributed by atoms with van der Waals surface area (Å²) >= 11 is 12.2. The minimum Gasteiger partial charge on any atom is -0.391 e. The molecule has 3 aromatic rings. The monoisotopic (exact) mass is 509 g/mol. The maximum absolute atomic E-state index is 14.0. The first kappa shape index (κ1) is 23.2. The number of aliphatic hydroxyl groups excluding tert-OH is 1. The van der Waals surface area contributed by atoms with Crippen LogP contribution in [0.3, 0.4) is 0 Å². The van der Waals surface area contributed by atoms with E-state index >= 15 is 0 Å². The molecule has 0 unspecified atom stereocenters. The maximum Gasteiger partial charge on any atom is 0.418 e. The van der Waals surface area contributed by atoms with Gasteiger partial charge in [0.2, 0.25) is 0 Å².